The van der Waals surface area contributed by atoms with E-state index in [9.17, 15) is 8.78 Å². The van der Waals surface area contributed by atoms with Crippen LogP contribution in [-0.2, 0) is 6.54 Å². The summed E-state index contributed by atoms with van der Waals surface area (Å²) in [5.74, 6) is -1.08. The number of hydrogen-bond donors (Lipinski definition) is 2. The van der Waals surface area contributed by atoms with E-state index >= 15 is 0 Å². The zero-order valence-electron chi connectivity index (χ0n) is 10.3. The average molecular weight is 294 g/mol. The molecule has 0 unspecified atom stereocenters. The second-order valence-corrected chi connectivity index (χ2v) is 4.76. The fourth-order valence-corrected chi connectivity index (χ4v) is 2.24. The number of benzene rings is 2. The van der Waals surface area contributed by atoms with Crippen LogP contribution < -0.4 is 5.73 Å². The summed E-state index contributed by atoms with van der Waals surface area (Å²) in [6.45, 7) is 0.319. The Morgan fingerprint density at radius 1 is 1.20 bits per heavy atom. The van der Waals surface area contributed by atoms with E-state index in [1.165, 1.54) is 0 Å². The Hall–Kier alpha value is -1.98. The van der Waals surface area contributed by atoms with Crippen molar-refractivity contribution in [3.8, 4) is 11.4 Å². The zero-order chi connectivity index (χ0) is 14.3. The summed E-state index contributed by atoms with van der Waals surface area (Å²) in [7, 11) is 0. The Balaban J connectivity index is 2.23. The fourth-order valence-electron chi connectivity index (χ4n) is 2.09. The molecule has 2 aromatic carbocycles. The summed E-state index contributed by atoms with van der Waals surface area (Å²) in [5, 5.41) is -0.259. The minimum absolute atomic E-state index is 0.0334. The van der Waals surface area contributed by atoms with Gasteiger partial charge in [0.15, 0.2) is 0 Å². The van der Waals surface area contributed by atoms with E-state index in [1.807, 2.05) is 12.1 Å². The first-order chi connectivity index (χ1) is 9.60. The number of aromatic amines is 1. The molecule has 0 saturated heterocycles. The summed E-state index contributed by atoms with van der Waals surface area (Å²) >= 11 is 5.54. The summed E-state index contributed by atoms with van der Waals surface area (Å²) in [6, 6.07) is 7.42. The van der Waals surface area contributed by atoms with Gasteiger partial charge in [0, 0.05) is 6.54 Å². The molecule has 3 nitrogen and oxygen atoms in total. The quantitative estimate of drug-likeness (QED) is 0.709. The van der Waals surface area contributed by atoms with Crippen molar-refractivity contribution in [3.05, 3.63) is 52.6 Å². The largest absolute Gasteiger partial charge is 0.338 e. The van der Waals surface area contributed by atoms with Crippen LogP contribution >= 0.6 is 11.6 Å². The molecule has 3 N–H and O–H groups in total. The van der Waals surface area contributed by atoms with Gasteiger partial charge in [0.1, 0.15) is 17.5 Å². The Bertz CT molecular complexity index is 798. The van der Waals surface area contributed by atoms with Crippen LogP contribution in [0.4, 0.5) is 8.78 Å². The molecular formula is C14H10ClF2N3. The molecule has 0 amide bonds. The number of nitrogens with zero attached hydrogens (tertiary/aromatic N) is 1. The predicted molar refractivity (Wildman–Crippen MR) is 74.3 cm³/mol. The number of imidazole rings is 1. The topological polar surface area (TPSA) is 54.7 Å². The average Bonchev–Trinajstić information content (AvgIpc) is 2.86. The normalized spacial score (nSPS) is 11.2. The lowest BCUT2D eigenvalue weighted by molar-refractivity contribution is 0.602. The molecular weight excluding hydrogens is 284 g/mol. The van der Waals surface area contributed by atoms with E-state index in [-0.39, 0.29) is 16.4 Å². The van der Waals surface area contributed by atoms with Crippen LogP contribution in [0.2, 0.25) is 5.02 Å². The molecule has 20 heavy (non-hydrogen) atoms. The van der Waals surface area contributed by atoms with Crippen LogP contribution in [0.1, 0.15) is 5.56 Å². The van der Waals surface area contributed by atoms with Gasteiger partial charge >= 0.3 is 0 Å². The number of fused-ring (bicyclic) bond motifs is 1. The van der Waals surface area contributed by atoms with Crippen LogP contribution in [0.25, 0.3) is 22.4 Å². The second-order valence-electron chi connectivity index (χ2n) is 4.35. The molecule has 0 aliphatic heterocycles. The van der Waals surface area contributed by atoms with E-state index < -0.39 is 11.6 Å². The number of nitrogens with two attached hydrogens (primary N) is 1. The zero-order valence-corrected chi connectivity index (χ0v) is 11.0. The first-order valence-corrected chi connectivity index (χ1v) is 6.30. The third-order valence-electron chi connectivity index (χ3n) is 3.08. The Kier molecular flexibility index (Phi) is 3.16. The monoisotopic (exact) mass is 293 g/mol. The molecule has 0 radical (unpaired) electrons. The highest BCUT2D eigenvalue weighted by molar-refractivity contribution is 6.30. The van der Waals surface area contributed by atoms with Gasteiger partial charge in [-0.2, -0.15) is 0 Å². The standard InChI is InChI=1S/C14H10ClF2N3/c15-9-5-10(16)8(4-11(9)17)14-19-12-3-1-2-7(6-18)13(12)20-14/h1-5H,6,18H2,(H,19,20). The molecule has 0 aliphatic rings. The van der Waals surface area contributed by atoms with E-state index in [2.05, 4.69) is 9.97 Å². The maximum Gasteiger partial charge on any atom is 0.142 e. The molecule has 3 rings (SSSR count). The van der Waals surface area contributed by atoms with Crippen LogP contribution in [0.3, 0.4) is 0 Å². The number of nitrogens with one attached hydrogen (secondary N) is 1. The van der Waals surface area contributed by atoms with Crippen molar-refractivity contribution in [3.63, 3.8) is 0 Å². The van der Waals surface area contributed by atoms with Gasteiger partial charge in [-0.1, -0.05) is 23.7 Å². The number of rotatable bonds is 2. The molecule has 0 spiro atoms. The lowest BCUT2D eigenvalue weighted by atomic mass is 10.2. The van der Waals surface area contributed by atoms with Gasteiger partial charge in [0.2, 0.25) is 0 Å². The van der Waals surface area contributed by atoms with Crippen molar-refractivity contribution >= 4 is 22.6 Å². The maximum absolute atomic E-state index is 13.9. The molecule has 0 bridgehead atoms. The first-order valence-electron chi connectivity index (χ1n) is 5.92. The first kappa shape index (κ1) is 13.0. The number of para-hydroxylation sites is 1. The van der Waals surface area contributed by atoms with E-state index in [0.717, 1.165) is 23.2 Å². The van der Waals surface area contributed by atoms with Gasteiger partial charge < -0.3 is 10.7 Å². The van der Waals surface area contributed by atoms with Crippen molar-refractivity contribution in [2.45, 2.75) is 6.54 Å². The molecule has 1 aromatic heterocycles. The van der Waals surface area contributed by atoms with Crippen LogP contribution in [0.15, 0.2) is 30.3 Å². The fraction of sp³-hybridized carbons (Fsp3) is 0.0714. The van der Waals surface area contributed by atoms with Crippen molar-refractivity contribution < 1.29 is 8.78 Å². The smallest absolute Gasteiger partial charge is 0.142 e. The highest BCUT2D eigenvalue weighted by Crippen LogP contribution is 2.28. The molecule has 3 aromatic rings. The van der Waals surface area contributed by atoms with Crippen molar-refractivity contribution in [2.24, 2.45) is 5.73 Å². The Morgan fingerprint density at radius 2 is 2.00 bits per heavy atom. The van der Waals surface area contributed by atoms with Gasteiger partial charge in [-0.05, 0) is 23.8 Å². The van der Waals surface area contributed by atoms with E-state index in [4.69, 9.17) is 17.3 Å². The van der Waals surface area contributed by atoms with Gasteiger partial charge in [-0.25, -0.2) is 13.8 Å². The van der Waals surface area contributed by atoms with E-state index in [0.29, 0.717) is 12.1 Å². The second kappa shape index (κ2) is 4.85. The van der Waals surface area contributed by atoms with Gasteiger partial charge in [0.25, 0.3) is 0 Å². The van der Waals surface area contributed by atoms with E-state index in [1.54, 1.807) is 6.07 Å². The molecule has 0 atom stereocenters. The van der Waals surface area contributed by atoms with Crippen molar-refractivity contribution in [2.75, 3.05) is 0 Å². The summed E-state index contributed by atoms with van der Waals surface area (Å²) in [4.78, 5) is 7.26. The van der Waals surface area contributed by atoms with Gasteiger partial charge in [-0.15, -0.1) is 0 Å². The minimum atomic E-state index is -0.692. The molecule has 102 valence electrons. The third-order valence-corrected chi connectivity index (χ3v) is 3.37. The third kappa shape index (κ3) is 2.05. The number of hydrogen-bond acceptors (Lipinski definition) is 2. The van der Waals surface area contributed by atoms with Crippen molar-refractivity contribution in [1.29, 1.82) is 0 Å². The number of halogens is 3. The summed E-state index contributed by atoms with van der Waals surface area (Å²) < 4.78 is 27.4. The minimum Gasteiger partial charge on any atom is -0.338 e. The van der Waals surface area contributed by atoms with Crippen molar-refractivity contribution in [1.82, 2.24) is 9.97 Å². The maximum atomic E-state index is 13.9. The van der Waals surface area contributed by atoms with Crippen LogP contribution in [-0.4, -0.2) is 9.97 Å². The molecule has 0 saturated carbocycles. The molecule has 1 heterocycles. The highest BCUT2D eigenvalue weighted by Gasteiger charge is 2.14. The number of H-pyrrole nitrogens is 1. The molecule has 0 fully saturated rings. The highest BCUT2D eigenvalue weighted by atomic mass is 35.5. The Labute approximate surface area is 118 Å². The van der Waals surface area contributed by atoms with Crippen LogP contribution in [0.5, 0.6) is 0 Å². The lowest BCUT2D eigenvalue weighted by Crippen LogP contribution is -1.96. The summed E-state index contributed by atoms with van der Waals surface area (Å²) in [6.07, 6.45) is 0. The summed E-state index contributed by atoms with van der Waals surface area (Å²) in [5.41, 5.74) is 7.87. The predicted octanol–water partition coefficient (Wildman–Crippen LogP) is 3.62. The van der Waals surface area contributed by atoms with Gasteiger partial charge in [-0.3, -0.25) is 0 Å². The van der Waals surface area contributed by atoms with Crippen LogP contribution in [0, 0.1) is 11.6 Å². The van der Waals surface area contributed by atoms with Gasteiger partial charge in [0.05, 0.1) is 21.6 Å². The number of aromatic nitrogens is 2. The lowest BCUT2D eigenvalue weighted by Gasteiger charge is -2.01. The Morgan fingerprint density at radius 3 is 2.75 bits per heavy atom. The molecule has 0 aliphatic carbocycles. The molecule has 6 heteroatoms. The SMILES string of the molecule is NCc1cccc2[nH]c(-c3cc(F)c(Cl)cc3F)nc12.